The van der Waals surface area contributed by atoms with Gasteiger partial charge in [0.25, 0.3) is 0 Å². The largest absolute Gasteiger partial charge is 0.480 e. The van der Waals surface area contributed by atoms with Gasteiger partial charge in [-0.25, -0.2) is 4.79 Å². The summed E-state index contributed by atoms with van der Waals surface area (Å²) in [5.41, 5.74) is -0.466. The molecule has 0 bridgehead atoms. The van der Waals surface area contributed by atoms with Crippen LogP contribution < -0.4 is 0 Å². The van der Waals surface area contributed by atoms with Crippen LogP contribution in [0.3, 0.4) is 0 Å². The van der Waals surface area contributed by atoms with Gasteiger partial charge in [0.15, 0.2) is 0 Å². The van der Waals surface area contributed by atoms with Gasteiger partial charge in [0.1, 0.15) is 12.2 Å². The lowest BCUT2D eigenvalue weighted by atomic mass is 9.93. The van der Waals surface area contributed by atoms with Crippen molar-refractivity contribution in [2.75, 3.05) is 19.7 Å². The van der Waals surface area contributed by atoms with Crippen molar-refractivity contribution in [2.24, 2.45) is 5.92 Å². The monoisotopic (exact) mass is 241 g/mol. The average molecular weight is 241 g/mol. The molecule has 1 heterocycles. The molecule has 0 aromatic heterocycles. The summed E-state index contributed by atoms with van der Waals surface area (Å²) in [5, 5.41) is 8.54. The zero-order chi connectivity index (χ0) is 12.5. The Morgan fingerprint density at radius 1 is 1.35 bits per heavy atom. The maximum Gasteiger partial charge on any atom is 0.329 e. The SMILES string of the molecule is CC1(OCC(=O)O)CN(C(=O)C2CCCC2)C1. The molecule has 0 atom stereocenters. The van der Waals surface area contributed by atoms with Crippen LogP contribution in [0.15, 0.2) is 0 Å². The smallest absolute Gasteiger partial charge is 0.329 e. The molecule has 0 aromatic rings. The third kappa shape index (κ3) is 2.77. The van der Waals surface area contributed by atoms with Gasteiger partial charge in [0, 0.05) is 5.92 Å². The predicted octanol–water partition coefficient (Wildman–Crippen LogP) is 0.879. The third-order valence-electron chi connectivity index (χ3n) is 3.61. The molecule has 1 saturated heterocycles. The number of likely N-dealkylation sites (tertiary alicyclic amines) is 1. The van der Waals surface area contributed by atoms with Crippen molar-refractivity contribution in [1.29, 1.82) is 0 Å². The summed E-state index contributed by atoms with van der Waals surface area (Å²) in [5.74, 6) is -0.551. The van der Waals surface area contributed by atoms with Crippen LogP contribution in [0.2, 0.25) is 0 Å². The number of hydrogen-bond donors (Lipinski definition) is 1. The molecule has 2 fully saturated rings. The van der Waals surface area contributed by atoms with Crippen molar-refractivity contribution in [2.45, 2.75) is 38.2 Å². The fourth-order valence-corrected chi connectivity index (χ4v) is 2.68. The first-order valence-electron chi connectivity index (χ1n) is 6.15. The Kier molecular flexibility index (Phi) is 3.38. The molecule has 0 unspecified atom stereocenters. The van der Waals surface area contributed by atoms with Crippen LogP contribution in [0.1, 0.15) is 32.6 Å². The van der Waals surface area contributed by atoms with Crippen molar-refractivity contribution in [3.63, 3.8) is 0 Å². The van der Waals surface area contributed by atoms with Crippen LogP contribution in [-0.2, 0) is 14.3 Å². The highest BCUT2D eigenvalue weighted by atomic mass is 16.5. The number of ether oxygens (including phenoxy) is 1. The number of rotatable bonds is 4. The van der Waals surface area contributed by atoms with Crippen LogP contribution in [0, 0.1) is 5.92 Å². The molecule has 96 valence electrons. The summed E-state index contributed by atoms with van der Waals surface area (Å²) in [7, 11) is 0. The molecule has 0 aromatic carbocycles. The molecular weight excluding hydrogens is 222 g/mol. The normalized spacial score (nSPS) is 23.5. The summed E-state index contributed by atoms with van der Waals surface area (Å²) >= 11 is 0. The number of carbonyl (C=O) groups is 2. The average Bonchev–Trinajstić information content (AvgIpc) is 2.74. The molecule has 5 nitrogen and oxygen atoms in total. The molecule has 2 rings (SSSR count). The molecule has 1 aliphatic heterocycles. The van der Waals surface area contributed by atoms with E-state index in [-0.39, 0.29) is 18.4 Å². The second-order valence-electron chi connectivity index (χ2n) is 5.31. The second-order valence-corrected chi connectivity index (χ2v) is 5.31. The Labute approximate surface area is 101 Å². The van der Waals surface area contributed by atoms with E-state index in [2.05, 4.69) is 0 Å². The van der Waals surface area contributed by atoms with E-state index in [0.29, 0.717) is 13.1 Å². The number of aliphatic carboxylic acids is 1. The van der Waals surface area contributed by atoms with Gasteiger partial charge >= 0.3 is 5.97 Å². The number of carboxylic acid groups (broad SMARTS) is 1. The molecule has 1 amide bonds. The lowest BCUT2D eigenvalue weighted by molar-refractivity contribution is -0.175. The van der Waals surface area contributed by atoms with Gasteiger partial charge in [0.05, 0.1) is 13.1 Å². The summed E-state index contributed by atoms with van der Waals surface area (Å²) in [6, 6.07) is 0. The van der Waals surface area contributed by atoms with Gasteiger partial charge in [-0.15, -0.1) is 0 Å². The first kappa shape index (κ1) is 12.4. The lowest BCUT2D eigenvalue weighted by Crippen LogP contribution is -2.64. The van der Waals surface area contributed by atoms with Crippen LogP contribution >= 0.6 is 0 Å². The minimum Gasteiger partial charge on any atom is -0.480 e. The van der Waals surface area contributed by atoms with E-state index in [1.165, 1.54) is 0 Å². The zero-order valence-corrected chi connectivity index (χ0v) is 10.1. The van der Waals surface area contributed by atoms with Crippen molar-refractivity contribution >= 4 is 11.9 Å². The Morgan fingerprint density at radius 3 is 2.47 bits per heavy atom. The van der Waals surface area contributed by atoms with E-state index < -0.39 is 11.6 Å². The summed E-state index contributed by atoms with van der Waals surface area (Å²) < 4.78 is 5.28. The molecular formula is C12H19NO4. The fourth-order valence-electron chi connectivity index (χ4n) is 2.68. The highest BCUT2D eigenvalue weighted by molar-refractivity contribution is 5.80. The van der Waals surface area contributed by atoms with Crippen LogP contribution in [0.25, 0.3) is 0 Å². The van der Waals surface area contributed by atoms with E-state index in [0.717, 1.165) is 25.7 Å². The van der Waals surface area contributed by atoms with Gasteiger partial charge in [-0.1, -0.05) is 12.8 Å². The Morgan fingerprint density at radius 2 is 1.94 bits per heavy atom. The summed E-state index contributed by atoms with van der Waals surface area (Å²) in [4.78, 5) is 24.2. The Bertz CT molecular complexity index is 316. The minimum absolute atomic E-state index is 0.194. The highest BCUT2D eigenvalue weighted by Crippen LogP contribution is 2.31. The highest BCUT2D eigenvalue weighted by Gasteiger charge is 2.44. The first-order chi connectivity index (χ1) is 8.00. The van der Waals surface area contributed by atoms with E-state index in [4.69, 9.17) is 9.84 Å². The fraction of sp³-hybridized carbons (Fsp3) is 0.833. The third-order valence-corrected chi connectivity index (χ3v) is 3.61. The number of nitrogens with zero attached hydrogens (tertiary/aromatic N) is 1. The summed E-state index contributed by atoms with van der Waals surface area (Å²) in [6.07, 6.45) is 4.30. The minimum atomic E-state index is -0.966. The van der Waals surface area contributed by atoms with Crippen molar-refractivity contribution in [1.82, 2.24) is 4.90 Å². The van der Waals surface area contributed by atoms with E-state index >= 15 is 0 Å². The molecule has 17 heavy (non-hydrogen) atoms. The number of carboxylic acids is 1. The van der Waals surface area contributed by atoms with Gasteiger partial charge in [0.2, 0.25) is 5.91 Å². The topological polar surface area (TPSA) is 66.8 Å². The van der Waals surface area contributed by atoms with E-state index in [1.807, 2.05) is 6.92 Å². The molecule has 0 radical (unpaired) electrons. The van der Waals surface area contributed by atoms with Crippen molar-refractivity contribution in [3.8, 4) is 0 Å². The molecule has 1 saturated carbocycles. The quantitative estimate of drug-likeness (QED) is 0.793. The van der Waals surface area contributed by atoms with Crippen LogP contribution in [-0.4, -0.2) is 47.2 Å². The second kappa shape index (κ2) is 4.64. The standard InChI is InChI=1S/C12H19NO4/c1-12(17-6-10(14)15)7-13(8-12)11(16)9-4-2-3-5-9/h9H,2-8H2,1H3,(H,14,15). The van der Waals surface area contributed by atoms with Gasteiger partial charge in [-0.2, -0.15) is 0 Å². The molecule has 0 spiro atoms. The Balaban J connectivity index is 1.77. The van der Waals surface area contributed by atoms with Gasteiger partial charge < -0.3 is 14.7 Å². The van der Waals surface area contributed by atoms with Gasteiger partial charge in [-0.3, -0.25) is 4.79 Å². The molecule has 2 aliphatic rings. The zero-order valence-electron chi connectivity index (χ0n) is 10.1. The number of hydrogen-bond acceptors (Lipinski definition) is 3. The van der Waals surface area contributed by atoms with E-state index in [1.54, 1.807) is 4.90 Å². The molecule has 1 N–H and O–H groups in total. The van der Waals surface area contributed by atoms with Crippen LogP contribution in [0.4, 0.5) is 0 Å². The van der Waals surface area contributed by atoms with Crippen LogP contribution in [0.5, 0.6) is 0 Å². The first-order valence-corrected chi connectivity index (χ1v) is 6.15. The molecule has 5 heteroatoms. The number of amides is 1. The molecule has 1 aliphatic carbocycles. The lowest BCUT2D eigenvalue weighted by Gasteiger charge is -2.48. The van der Waals surface area contributed by atoms with Crippen molar-refractivity contribution < 1.29 is 19.4 Å². The maximum atomic E-state index is 12.0. The predicted molar refractivity (Wildman–Crippen MR) is 60.5 cm³/mol. The van der Waals surface area contributed by atoms with Gasteiger partial charge in [-0.05, 0) is 19.8 Å². The summed E-state index contributed by atoms with van der Waals surface area (Å²) in [6.45, 7) is 2.61. The Hall–Kier alpha value is -1.10. The maximum absolute atomic E-state index is 12.0. The number of carbonyl (C=O) groups excluding carboxylic acids is 1. The van der Waals surface area contributed by atoms with E-state index in [9.17, 15) is 9.59 Å². The van der Waals surface area contributed by atoms with Crippen molar-refractivity contribution in [3.05, 3.63) is 0 Å².